The van der Waals surface area contributed by atoms with E-state index in [1.54, 1.807) is 0 Å². The van der Waals surface area contributed by atoms with Gasteiger partial charge in [-0.1, -0.05) is 43.2 Å². The summed E-state index contributed by atoms with van der Waals surface area (Å²) >= 11 is 1.47. The summed E-state index contributed by atoms with van der Waals surface area (Å²) in [5.41, 5.74) is 2.96. The lowest BCUT2D eigenvalue weighted by molar-refractivity contribution is -0.116. The minimum Gasteiger partial charge on any atom is -0.339 e. The van der Waals surface area contributed by atoms with Crippen LogP contribution in [0.2, 0.25) is 0 Å². The number of hydrogen-bond donors (Lipinski definition) is 0. The maximum Gasteiger partial charge on any atom is 0.254 e. The summed E-state index contributed by atoms with van der Waals surface area (Å²) < 4.78 is 0. The predicted molar refractivity (Wildman–Crippen MR) is 114 cm³/mol. The van der Waals surface area contributed by atoms with Crippen LogP contribution in [0.4, 0.5) is 5.69 Å². The van der Waals surface area contributed by atoms with Gasteiger partial charge in [-0.25, -0.2) is 0 Å². The highest BCUT2D eigenvalue weighted by Gasteiger charge is 2.27. The molecule has 4 nitrogen and oxygen atoms in total. The molecule has 2 amide bonds. The van der Waals surface area contributed by atoms with Crippen LogP contribution in [0.1, 0.15) is 41.6 Å². The third-order valence-corrected chi connectivity index (χ3v) is 6.91. The Kier molecular flexibility index (Phi) is 5.72. The zero-order chi connectivity index (χ0) is 19.5. The van der Waals surface area contributed by atoms with E-state index < -0.39 is 0 Å². The quantitative estimate of drug-likeness (QED) is 0.707. The van der Waals surface area contributed by atoms with Crippen LogP contribution in [-0.2, 0) is 11.2 Å². The lowest BCUT2D eigenvalue weighted by atomic mass is 10.1. The second-order valence-corrected chi connectivity index (χ2v) is 8.58. The lowest BCUT2D eigenvalue weighted by Gasteiger charge is -2.25. The molecular formula is C23H26N2O2S. The van der Waals surface area contributed by atoms with Gasteiger partial charge in [0, 0.05) is 30.2 Å². The molecule has 2 aromatic carbocycles. The molecule has 146 valence electrons. The molecule has 0 N–H and O–H groups in total. The van der Waals surface area contributed by atoms with Gasteiger partial charge < -0.3 is 9.80 Å². The van der Waals surface area contributed by atoms with Crippen molar-refractivity contribution in [1.82, 2.24) is 4.90 Å². The van der Waals surface area contributed by atoms with E-state index in [1.807, 2.05) is 59.3 Å². The molecule has 0 bridgehead atoms. The minimum absolute atomic E-state index is 0.0639. The number of amides is 2. The topological polar surface area (TPSA) is 40.6 Å². The molecular weight excluding hydrogens is 368 g/mol. The van der Waals surface area contributed by atoms with Crippen molar-refractivity contribution in [2.45, 2.75) is 43.0 Å². The molecule has 0 spiro atoms. The van der Waals surface area contributed by atoms with Crippen LogP contribution in [0.3, 0.4) is 0 Å². The fraction of sp³-hybridized carbons (Fsp3) is 0.391. The number of para-hydroxylation sites is 1. The van der Waals surface area contributed by atoms with Crippen LogP contribution < -0.4 is 4.90 Å². The number of thioether (sulfide) groups is 1. The summed E-state index contributed by atoms with van der Waals surface area (Å²) in [6.45, 7) is 0.740. The van der Waals surface area contributed by atoms with E-state index in [2.05, 4.69) is 6.07 Å². The van der Waals surface area contributed by atoms with Crippen LogP contribution in [0.5, 0.6) is 0 Å². The largest absolute Gasteiger partial charge is 0.339 e. The van der Waals surface area contributed by atoms with Gasteiger partial charge in [0.25, 0.3) is 5.91 Å². The first kappa shape index (κ1) is 19.1. The number of fused-ring (bicyclic) bond motifs is 1. The summed E-state index contributed by atoms with van der Waals surface area (Å²) in [4.78, 5) is 30.5. The summed E-state index contributed by atoms with van der Waals surface area (Å²) in [5, 5.41) is 0. The fourth-order valence-electron chi connectivity index (χ4n) is 4.23. The zero-order valence-electron chi connectivity index (χ0n) is 16.3. The van der Waals surface area contributed by atoms with Crippen molar-refractivity contribution >= 4 is 29.3 Å². The molecule has 1 aliphatic carbocycles. The highest BCUT2D eigenvalue weighted by atomic mass is 32.2. The second-order valence-electron chi connectivity index (χ2n) is 7.56. The molecule has 4 rings (SSSR count). The van der Waals surface area contributed by atoms with Crippen molar-refractivity contribution in [3.63, 3.8) is 0 Å². The average molecular weight is 395 g/mol. The van der Waals surface area contributed by atoms with Crippen molar-refractivity contribution in [3.05, 3.63) is 59.7 Å². The molecule has 0 unspecified atom stereocenters. The second kappa shape index (κ2) is 8.39. The maximum atomic E-state index is 13.0. The SMILES string of the molecule is CN(C(=O)c1ccccc1SCC(=O)N1CCc2ccccc21)C1CCCC1. The molecule has 1 aliphatic heterocycles. The maximum absolute atomic E-state index is 13.0. The summed E-state index contributed by atoms with van der Waals surface area (Å²) in [5.74, 6) is 0.501. The van der Waals surface area contributed by atoms with Gasteiger partial charge in [-0.05, 0) is 43.0 Å². The molecule has 2 aromatic rings. The molecule has 5 heteroatoms. The van der Waals surface area contributed by atoms with Crippen molar-refractivity contribution in [3.8, 4) is 0 Å². The molecule has 0 radical (unpaired) electrons. The summed E-state index contributed by atoms with van der Waals surface area (Å²) in [6, 6.07) is 16.1. The highest BCUT2D eigenvalue weighted by molar-refractivity contribution is 8.00. The van der Waals surface area contributed by atoms with E-state index in [4.69, 9.17) is 0 Å². The van der Waals surface area contributed by atoms with Crippen molar-refractivity contribution < 1.29 is 9.59 Å². The van der Waals surface area contributed by atoms with Crippen LogP contribution in [0.15, 0.2) is 53.4 Å². The van der Waals surface area contributed by atoms with Gasteiger partial charge in [0.05, 0.1) is 11.3 Å². The van der Waals surface area contributed by atoms with E-state index >= 15 is 0 Å². The Hall–Kier alpha value is -2.27. The number of carbonyl (C=O) groups excluding carboxylic acids is 2. The third-order valence-electron chi connectivity index (χ3n) is 5.85. The lowest BCUT2D eigenvalue weighted by Crippen LogP contribution is -2.35. The van der Waals surface area contributed by atoms with Crippen molar-refractivity contribution in [1.29, 1.82) is 0 Å². The van der Waals surface area contributed by atoms with E-state index in [-0.39, 0.29) is 11.8 Å². The smallest absolute Gasteiger partial charge is 0.254 e. The number of anilines is 1. The standard InChI is InChI=1S/C23H26N2O2S/c1-24(18-9-3-4-10-18)23(27)19-11-5-7-13-21(19)28-16-22(26)25-15-14-17-8-2-6-12-20(17)25/h2,5-8,11-13,18H,3-4,9-10,14-16H2,1H3. The van der Waals surface area contributed by atoms with Gasteiger partial charge in [-0.3, -0.25) is 9.59 Å². The van der Waals surface area contributed by atoms with Crippen LogP contribution in [0, 0.1) is 0 Å². The molecule has 1 saturated carbocycles. The van der Waals surface area contributed by atoms with E-state index in [0.717, 1.165) is 36.4 Å². The number of carbonyl (C=O) groups is 2. The molecule has 28 heavy (non-hydrogen) atoms. The first-order valence-electron chi connectivity index (χ1n) is 10.0. The molecule has 0 aromatic heterocycles. The fourth-order valence-corrected chi connectivity index (χ4v) is 5.15. The zero-order valence-corrected chi connectivity index (χ0v) is 17.1. The number of benzene rings is 2. The Morgan fingerprint density at radius 2 is 1.79 bits per heavy atom. The molecule has 0 saturated heterocycles. The Balaban J connectivity index is 1.44. The van der Waals surface area contributed by atoms with Gasteiger partial charge in [0.1, 0.15) is 0 Å². The average Bonchev–Trinajstić information content (AvgIpc) is 3.41. The number of rotatable bonds is 5. The Bertz CT molecular complexity index is 876. The highest BCUT2D eigenvalue weighted by Crippen LogP contribution is 2.31. The van der Waals surface area contributed by atoms with E-state index in [0.29, 0.717) is 17.4 Å². The van der Waals surface area contributed by atoms with Crippen molar-refractivity contribution in [2.24, 2.45) is 0 Å². The Labute approximate surface area is 170 Å². The van der Waals surface area contributed by atoms with Gasteiger partial charge in [0.15, 0.2) is 0 Å². The van der Waals surface area contributed by atoms with Gasteiger partial charge >= 0.3 is 0 Å². The first-order valence-corrected chi connectivity index (χ1v) is 11.0. The van der Waals surface area contributed by atoms with E-state index in [9.17, 15) is 9.59 Å². The summed E-state index contributed by atoms with van der Waals surface area (Å²) in [6.07, 6.45) is 5.48. The molecule has 2 aliphatic rings. The molecule has 0 atom stereocenters. The predicted octanol–water partition coefficient (Wildman–Crippen LogP) is 4.38. The van der Waals surface area contributed by atoms with Gasteiger partial charge in [-0.2, -0.15) is 0 Å². The minimum atomic E-state index is 0.0639. The first-order chi connectivity index (χ1) is 13.6. The third kappa shape index (κ3) is 3.81. The number of hydrogen-bond acceptors (Lipinski definition) is 3. The van der Waals surface area contributed by atoms with Crippen LogP contribution in [0.25, 0.3) is 0 Å². The molecule has 1 heterocycles. The van der Waals surface area contributed by atoms with Gasteiger partial charge in [0.2, 0.25) is 5.91 Å². The van der Waals surface area contributed by atoms with Crippen LogP contribution in [-0.4, -0.2) is 42.1 Å². The molecule has 1 fully saturated rings. The number of nitrogens with zero attached hydrogens (tertiary/aromatic N) is 2. The Morgan fingerprint density at radius 3 is 2.61 bits per heavy atom. The Morgan fingerprint density at radius 1 is 1.07 bits per heavy atom. The monoisotopic (exact) mass is 394 g/mol. The van der Waals surface area contributed by atoms with Gasteiger partial charge in [-0.15, -0.1) is 11.8 Å². The van der Waals surface area contributed by atoms with Crippen molar-refractivity contribution in [2.75, 3.05) is 24.2 Å². The van der Waals surface area contributed by atoms with E-state index in [1.165, 1.54) is 30.2 Å². The normalized spacial score (nSPS) is 16.2. The van der Waals surface area contributed by atoms with Crippen LogP contribution >= 0.6 is 11.8 Å². The summed E-state index contributed by atoms with van der Waals surface area (Å²) in [7, 11) is 1.91.